The Kier molecular flexibility index (Phi) is 4.65. The van der Waals surface area contributed by atoms with E-state index < -0.39 is 0 Å². The second kappa shape index (κ2) is 6.85. The van der Waals surface area contributed by atoms with Gasteiger partial charge in [-0.15, -0.1) is 0 Å². The summed E-state index contributed by atoms with van der Waals surface area (Å²) in [5.41, 5.74) is 0.945. The number of rotatable bonds is 3. The van der Waals surface area contributed by atoms with Crippen LogP contribution < -0.4 is 10.6 Å². The quantitative estimate of drug-likeness (QED) is 0.912. The number of amides is 2. The average Bonchev–Trinajstić information content (AvgIpc) is 2.96. The summed E-state index contributed by atoms with van der Waals surface area (Å²) in [5, 5.41) is 6.28. The fourth-order valence-electron chi connectivity index (χ4n) is 2.58. The molecule has 1 saturated heterocycles. The van der Waals surface area contributed by atoms with Crippen LogP contribution in [0.2, 0.25) is 0 Å². The number of nitrogens with one attached hydrogen (secondary N) is 2. The van der Waals surface area contributed by atoms with E-state index in [9.17, 15) is 4.79 Å². The van der Waals surface area contributed by atoms with Crippen LogP contribution in [0.5, 0.6) is 0 Å². The van der Waals surface area contributed by atoms with Gasteiger partial charge in [0.2, 0.25) is 5.13 Å². The van der Waals surface area contributed by atoms with Gasteiger partial charge in [-0.05, 0) is 26.4 Å². The molecular weight excluding hydrogens is 298 g/mol. The molecule has 0 spiro atoms. The molecule has 1 atom stereocenters. The lowest BCUT2D eigenvalue weighted by molar-refractivity contribution is 0.216. The zero-order chi connectivity index (χ0) is 15.4. The molecule has 2 heterocycles. The Labute approximate surface area is 133 Å². The van der Waals surface area contributed by atoms with Gasteiger partial charge in [-0.1, -0.05) is 30.3 Å². The van der Waals surface area contributed by atoms with E-state index >= 15 is 0 Å². The second-order valence-electron chi connectivity index (χ2n) is 5.49. The topological polar surface area (TPSA) is 70.2 Å². The van der Waals surface area contributed by atoms with Gasteiger partial charge in [0.15, 0.2) is 5.82 Å². The summed E-state index contributed by atoms with van der Waals surface area (Å²) in [4.78, 5) is 18.6. The van der Waals surface area contributed by atoms with E-state index in [1.54, 1.807) is 0 Å². The monoisotopic (exact) mass is 317 g/mol. The maximum absolute atomic E-state index is 12.0. The fraction of sp³-hybridized carbons (Fsp3) is 0.400. The predicted octanol–water partition coefficient (Wildman–Crippen LogP) is 2.42. The Morgan fingerprint density at radius 1 is 1.36 bits per heavy atom. The van der Waals surface area contributed by atoms with E-state index in [2.05, 4.69) is 31.9 Å². The summed E-state index contributed by atoms with van der Waals surface area (Å²) in [6.07, 6.45) is 2.13. The molecule has 0 bridgehead atoms. The lowest BCUT2D eigenvalue weighted by Gasteiger charge is -2.29. The van der Waals surface area contributed by atoms with Gasteiger partial charge in [-0.3, -0.25) is 5.32 Å². The van der Waals surface area contributed by atoms with Gasteiger partial charge < -0.3 is 10.2 Å². The van der Waals surface area contributed by atoms with Crippen molar-refractivity contribution in [1.82, 2.24) is 19.6 Å². The minimum absolute atomic E-state index is 0.195. The molecule has 2 aromatic rings. The number of piperidine rings is 1. The highest BCUT2D eigenvalue weighted by molar-refractivity contribution is 7.10. The molecule has 7 heteroatoms. The van der Waals surface area contributed by atoms with Gasteiger partial charge in [0, 0.05) is 29.7 Å². The Bertz CT molecular complexity index is 630. The molecular formula is C15H19N5OS. The van der Waals surface area contributed by atoms with Crippen LogP contribution in [0.15, 0.2) is 30.3 Å². The highest BCUT2D eigenvalue weighted by Crippen LogP contribution is 2.20. The molecule has 1 aromatic heterocycles. The molecule has 1 fully saturated rings. The highest BCUT2D eigenvalue weighted by Gasteiger charge is 2.19. The van der Waals surface area contributed by atoms with Crippen molar-refractivity contribution in [3.63, 3.8) is 0 Å². The van der Waals surface area contributed by atoms with Gasteiger partial charge in [-0.25, -0.2) is 4.79 Å². The highest BCUT2D eigenvalue weighted by atomic mass is 32.1. The number of anilines is 1. The molecule has 2 amide bonds. The minimum Gasteiger partial charge on any atom is -0.334 e. The van der Waals surface area contributed by atoms with E-state index in [-0.39, 0.29) is 12.1 Å². The lowest BCUT2D eigenvalue weighted by atomic mass is 10.1. The molecule has 6 nitrogen and oxygen atoms in total. The first-order valence-corrected chi connectivity index (χ1v) is 8.13. The zero-order valence-corrected chi connectivity index (χ0v) is 13.3. The molecule has 0 aliphatic carbocycles. The molecule has 1 aliphatic rings. The van der Waals surface area contributed by atoms with Crippen LogP contribution in [0.3, 0.4) is 0 Å². The Morgan fingerprint density at radius 2 is 2.18 bits per heavy atom. The van der Waals surface area contributed by atoms with Gasteiger partial charge in [0.05, 0.1) is 0 Å². The number of likely N-dealkylation sites (tertiary alicyclic amines) is 1. The van der Waals surface area contributed by atoms with Crippen molar-refractivity contribution in [2.75, 3.05) is 25.5 Å². The van der Waals surface area contributed by atoms with Crippen LogP contribution in [0, 0.1) is 0 Å². The number of hydrogen-bond donors (Lipinski definition) is 2. The summed E-state index contributed by atoms with van der Waals surface area (Å²) in [7, 11) is 2.07. The van der Waals surface area contributed by atoms with Gasteiger partial charge in [0.25, 0.3) is 0 Å². The second-order valence-corrected chi connectivity index (χ2v) is 6.24. The van der Waals surface area contributed by atoms with Crippen molar-refractivity contribution in [2.45, 2.75) is 18.9 Å². The molecule has 116 valence electrons. The molecule has 3 rings (SSSR count). The fourth-order valence-corrected chi connectivity index (χ4v) is 3.17. The first-order chi connectivity index (χ1) is 10.7. The molecule has 1 aliphatic heterocycles. The van der Waals surface area contributed by atoms with Crippen LogP contribution in [-0.2, 0) is 0 Å². The predicted molar refractivity (Wildman–Crippen MR) is 88.0 cm³/mol. The average molecular weight is 317 g/mol. The minimum atomic E-state index is -0.212. The van der Waals surface area contributed by atoms with Crippen molar-refractivity contribution >= 4 is 22.7 Å². The first kappa shape index (κ1) is 14.9. The third-order valence-corrected chi connectivity index (χ3v) is 4.27. The Balaban J connectivity index is 1.57. The van der Waals surface area contributed by atoms with Gasteiger partial charge in [0.1, 0.15) is 0 Å². The molecule has 0 unspecified atom stereocenters. The van der Waals surface area contributed by atoms with Crippen LogP contribution >= 0.6 is 11.5 Å². The van der Waals surface area contributed by atoms with Gasteiger partial charge >= 0.3 is 6.03 Å². The maximum atomic E-state index is 12.0. The summed E-state index contributed by atoms with van der Waals surface area (Å²) >= 11 is 1.19. The molecule has 2 N–H and O–H groups in total. The standard InChI is InChI=1S/C15H19N5OS/c1-20-9-5-8-12(10-20)16-14(21)18-15-17-13(19-22-15)11-6-3-2-4-7-11/h2-4,6-7,12H,5,8-10H2,1H3,(H2,16,17,18,19,21)/t12-/m1/s1. The van der Waals surface area contributed by atoms with Crippen LogP contribution in [0.25, 0.3) is 11.4 Å². The lowest BCUT2D eigenvalue weighted by Crippen LogP contribution is -2.47. The number of benzene rings is 1. The third kappa shape index (κ3) is 3.80. The summed E-state index contributed by atoms with van der Waals surface area (Å²) in [6.45, 7) is 1.98. The largest absolute Gasteiger partial charge is 0.334 e. The van der Waals surface area contributed by atoms with Crippen molar-refractivity contribution < 1.29 is 4.79 Å². The first-order valence-electron chi connectivity index (χ1n) is 7.36. The van der Waals surface area contributed by atoms with E-state index in [0.717, 1.165) is 31.5 Å². The number of carbonyl (C=O) groups is 1. The molecule has 0 saturated carbocycles. The zero-order valence-electron chi connectivity index (χ0n) is 12.5. The summed E-state index contributed by atoms with van der Waals surface area (Å²) in [5.74, 6) is 0.637. The summed E-state index contributed by atoms with van der Waals surface area (Å²) < 4.78 is 4.28. The van der Waals surface area contributed by atoms with E-state index in [1.807, 2.05) is 30.3 Å². The van der Waals surface area contributed by atoms with E-state index in [4.69, 9.17) is 0 Å². The van der Waals surface area contributed by atoms with E-state index in [0.29, 0.717) is 11.0 Å². The Morgan fingerprint density at radius 3 is 2.95 bits per heavy atom. The van der Waals surface area contributed by atoms with Crippen LogP contribution in [0.4, 0.5) is 9.93 Å². The number of nitrogens with zero attached hydrogens (tertiary/aromatic N) is 3. The smallest absolute Gasteiger partial charge is 0.321 e. The number of urea groups is 1. The van der Waals surface area contributed by atoms with Gasteiger partial charge in [-0.2, -0.15) is 9.36 Å². The normalized spacial score (nSPS) is 18.9. The molecule has 0 radical (unpaired) electrons. The van der Waals surface area contributed by atoms with Crippen molar-refractivity contribution in [1.29, 1.82) is 0 Å². The number of carbonyl (C=O) groups excluding carboxylic acids is 1. The van der Waals surface area contributed by atoms with Crippen molar-refractivity contribution in [2.24, 2.45) is 0 Å². The summed E-state index contributed by atoms with van der Waals surface area (Å²) in [6, 6.07) is 9.71. The SMILES string of the molecule is CN1CCC[C@@H](NC(=O)Nc2nc(-c3ccccc3)ns2)C1. The number of likely N-dealkylation sites (N-methyl/N-ethyl adjacent to an activating group) is 1. The van der Waals surface area contributed by atoms with Crippen molar-refractivity contribution in [3.8, 4) is 11.4 Å². The van der Waals surface area contributed by atoms with E-state index in [1.165, 1.54) is 11.5 Å². The van der Waals surface area contributed by atoms with Crippen LogP contribution in [-0.4, -0.2) is 46.5 Å². The molecule has 22 heavy (non-hydrogen) atoms. The number of aromatic nitrogens is 2. The third-order valence-electron chi connectivity index (χ3n) is 3.64. The molecule has 1 aromatic carbocycles. The number of hydrogen-bond acceptors (Lipinski definition) is 5. The Hall–Kier alpha value is -1.99. The van der Waals surface area contributed by atoms with Crippen molar-refractivity contribution in [3.05, 3.63) is 30.3 Å². The maximum Gasteiger partial charge on any atom is 0.321 e. The van der Waals surface area contributed by atoms with Crippen LogP contribution in [0.1, 0.15) is 12.8 Å².